The van der Waals surface area contributed by atoms with Crippen molar-refractivity contribution in [3.63, 3.8) is 0 Å². The zero-order valence-corrected chi connectivity index (χ0v) is 8.80. The van der Waals surface area contributed by atoms with Gasteiger partial charge in [0.1, 0.15) is 0 Å². The maximum Gasteiger partial charge on any atom is 0.586 e. The lowest BCUT2D eigenvalue weighted by molar-refractivity contribution is -0.286. The van der Waals surface area contributed by atoms with E-state index in [2.05, 4.69) is 9.47 Å². The summed E-state index contributed by atoms with van der Waals surface area (Å²) >= 11 is 0. The van der Waals surface area contributed by atoms with Gasteiger partial charge in [-0.1, -0.05) is 34.3 Å². The van der Waals surface area contributed by atoms with E-state index in [1.165, 1.54) is 6.07 Å². The molecular formula is C12H16F2O2. The van der Waals surface area contributed by atoms with Crippen LogP contribution in [0.2, 0.25) is 0 Å². The van der Waals surface area contributed by atoms with Crippen molar-refractivity contribution >= 4 is 0 Å². The lowest BCUT2D eigenvalue weighted by atomic mass is 9.87. The summed E-state index contributed by atoms with van der Waals surface area (Å²) in [5.74, 6) is 0.195. The van der Waals surface area contributed by atoms with Gasteiger partial charge in [-0.15, -0.1) is 8.78 Å². The van der Waals surface area contributed by atoms with Crippen molar-refractivity contribution in [1.82, 2.24) is 0 Å². The lowest BCUT2D eigenvalue weighted by Gasteiger charge is -2.18. The maximum atomic E-state index is 12.7. The van der Waals surface area contributed by atoms with Crippen LogP contribution < -0.4 is 9.47 Å². The molecule has 2 rings (SSSR count). The highest BCUT2D eigenvalue weighted by atomic mass is 19.3. The first-order valence-corrected chi connectivity index (χ1v) is 4.68. The van der Waals surface area contributed by atoms with Gasteiger partial charge >= 0.3 is 6.29 Å². The summed E-state index contributed by atoms with van der Waals surface area (Å²) in [4.78, 5) is 0. The van der Waals surface area contributed by atoms with Crippen molar-refractivity contribution in [1.29, 1.82) is 0 Å². The highest BCUT2D eigenvalue weighted by Crippen LogP contribution is 2.42. The van der Waals surface area contributed by atoms with Crippen LogP contribution in [0, 0.1) is 0 Å². The monoisotopic (exact) mass is 230 g/mol. The van der Waals surface area contributed by atoms with Crippen LogP contribution in [0.4, 0.5) is 8.78 Å². The summed E-state index contributed by atoms with van der Waals surface area (Å²) in [7, 11) is 0. The Labute approximate surface area is 94.2 Å². The van der Waals surface area contributed by atoms with E-state index in [4.69, 9.17) is 0 Å². The van der Waals surface area contributed by atoms with Crippen LogP contribution in [0.15, 0.2) is 18.2 Å². The van der Waals surface area contributed by atoms with Gasteiger partial charge in [-0.3, -0.25) is 0 Å². The third kappa shape index (κ3) is 2.26. The zero-order valence-electron chi connectivity index (χ0n) is 8.80. The van der Waals surface area contributed by atoms with Gasteiger partial charge in [-0.05, 0) is 23.1 Å². The zero-order chi connectivity index (χ0) is 11.3. The number of rotatable bonds is 0. The molecule has 0 atom stereocenters. The molecule has 0 N–H and O–H groups in total. The Morgan fingerprint density at radius 2 is 1.62 bits per heavy atom. The normalized spacial score (nSPS) is 16.8. The van der Waals surface area contributed by atoms with Crippen LogP contribution in [0.3, 0.4) is 0 Å². The van der Waals surface area contributed by atoms with Crippen molar-refractivity contribution in [3.05, 3.63) is 23.8 Å². The van der Waals surface area contributed by atoms with E-state index in [1.807, 2.05) is 20.8 Å². The number of fused-ring (bicyclic) bond motifs is 1. The summed E-state index contributed by atoms with van der Waals surface area (Å²) in [6.45, 7) is 6.01. The second kappa shape index (κ2) is 3.61. The number of halogens is 2. The van der Waals surface area contributed by atoms with Gasteiger partial charge < -0.3 is 9.47 Å². The standard InChI is InChI=1S/C11H12F2O2.CH4/c1-10(2,3)7-4-5-8-9(6-7)15-11(12,13)14-8;/h4-6H,1-3H3;1H4. The number of alkyl halides is 2. The van der Waals surface area contributed by atoms with Crippen molar-refractivity contribution in [2.45, 2.75) is 39.9 Å². The van der Waals surface area contributed by atoms with Crippen LogP contribution >= 0.6 is 0 Å². The van der Waals surface area contributed by atoms with Crippen LogP contribution in [-0.4, -0.2) is 6.29 Å². The average molecular weight is 230 g/mol. The van der Waals surface area contributed by atoms with E-state index in [0.717, 1.165) is 5.56 Å². The van der Waals surface area contributed by atoms with E-state index in [0.29, 0.717) is 0 Å². The minimum Gasteiger partial charge on any atom is -0.395 e. The molecule has 0 spiro atoms. The molecule has 4 heteroatoms. The predicted molar refractivity (Wildman–Crippen MR) is 58.1 cm³/mol. The van der Waals surface area contributed by atoms with Crippen LogP contribution in [0.25, 0.3) is 0 Å². The number of hydrogen-bond donors (Lipinski definition) is 0. The van der Waals surface area contributed by atoms with Gasteiger partial charge in [0.15, 0.2) is 11.5 Å². The van der Waals surface area contributed by atoms with Crippen molar-refractivity contribution in [2.24, 2.45) is 0 Å². The molecule has 0 radical (unpaired) electrons. The number of benzene rings is 1. The van der Waals surface area contributed by atoms with Crippen LogP contribution in [-0.2, 0) is 5.41 Å². The third-order valence-electron chi connectivity index (χ3n) is 2.27. The molecule has 0 saturated carbocycles. The minimum atomic E-state index is -3.53. The molecule has 1 heterocycles. The fourth-order valence-electron chi connectivity index (χ4n) is 1.42. The topological polar surface area (TPSA) is 18.5 Å². The van der Waals surface area contributed by atoms with Crippen LogP contribution in [0.1, 0.15) is 33.8 Å². The molecule has 0 saturated heterocycles. The highest BCUT2D eigenvalue weighted by Gasteiger charge is 2.43. The molecule has 0 aliphatic carbocycles. The Morgan fingerprint density at radius 1 is 1.06 bits per heavy atom. The van der Waals surface area contributed by atoms with E-state index in [-0.39, 0.29) is 24.3 Å². The molecule has 0 aromatic heterocycles. The summed E-state index contributed by atoms with van der Waals surface area (Å²) < 4.78 is 34.1. The average Bonchev–Trinajstić information content (AvgIpc) is 2.34. The van der Waals surface area contributed by atoms with E-state index >= 15 is 0 Å². The Kier molecular flexibility index (Phi) is 2.88. The minimum absolute atomic E-state index is 0. The first-order chi connectivity index (χ1) is 6.78. The second-order valence-electron chi connectivity index (χ2n) is 4.58. The van der Waals surface area contributed by atoms with Gasteiger partial charge in [0.25, 0.3) is 0 Å². The quantitative estimate of drug-likeness (QED) is 0.672. The fourth-order valence-corrected chi connectivity index (χ4v) is 1.42. The molecule has 0 fully saturated rings. The number of ether oxygens (including phenoxy) is 2. The predicted octanol–water partition coefficient (Wildman–Crippen LogP) is 3.94. The van der Waals surface area contributed by atoms with Crippen molar-refractivity contribution < 1.29 is 18.3 Å². The highest BCUT2D eigenvalue weighted by molar-refractivity contribution is 5.46. The molecule has 90 valence electrons. The first-order valence-electron chi connectivity index (χ1n) is 4.68. The SMILES string of the molecule is C.CC(C)(C)c1ccc2c(c1)OC(F)(F)O2. The fraction of sp³-hybridized carbons (Fsp3) is 0.500. The van der Waals surface area contributed by atoms with E-state index < -0.39 is 6.29 Å². The summed E-state index contributed by atoms with van der Waals surface area (Å²) in [5.41, 5.74) is 0.832. The molecule has 16 heavy (non-hydrogen) atoms. The third-order valence-corrected chi connectivity index (χ3v) is 2.27. The molecule has 0 amide bonds. The largest absolute Gasteiger partial charge is 0.586 e. The molecule has 1 aromatic carbocycles. The number of hydrogen-bond acceptors (Lipinski definition) is 2. The Balaban J connectivity index is 0.00000128. The van der Waals surface area contributed by atoms with Gasteiger partial charge in [0, 0.05) is 0 Å². The molecular weight excluding hydrogens is 214 g/mol. The molecule has 0 unspecified atom stereocenters. The van der Waals surface area contributed by atoms with Gasteiger partial charge in [-0.2, -0.15) is 0 Å². The van der Waals surface area contributed by atoms with E-state index in [1.54, 1.807) is 12.1 Å². The summed E-state index contributed by atoms with van der Waals surface area (Å²) in [6.07, 6.45) is -3.53. The first kappa shape index (κ1) is 12.7. The van der Waals surface area contributed by atoms with Crippen molar-refractivity contribution in [2.75, 3.05) is 0 Å². The Hall–Kier alpha value is -1.32. The smallest absolute Gasteiger partial charge is 0.395 e. The van der Waals surface area contributed by atoms with Gasteiger partial charge in [0.2, 0.25) is 0 Å². The lowest BCUT2D eigenvalue weighted by Crippen LogP contribution is -2.25. The second-order valence-corrected chi connectivity index (χ2v) is 4.58. The molecule has 0 bridgehead atoms. The van der Waals surface area contributed by atoms with Crippen LogP contribution in [0.5, 0.6) is 11.5 Å². The molecule has 2 nitrogen and oxygen atoms in total. The molecule has 1 aliphatic heterocycles. The van der Waals surface area contributed by atoms with E-state index in [9.17, 15) is 8.78 Å². The summed E-state index contributed by atoms with van der Waals surface area (Å²) in [5, 5.41) is 0. The Morgan fingerprint density at radius 3 is 2.19 bits per heavy atom. The Bertz CT molecular complexity index is 394. The molecule has 1 aromatic rings. The van der Waals surface area contributed by atoms with Crippen molar-refractivity contribution in [3.8, 4) is 11.5 Å². The van der Waals surface area contributed by atoms with Gasteiger partial charge in [-0.25, -0.2) is 0 Å². The maximum absolute atomic E-state index is 12.7. The molecule has 1 aliphatic rings. The summed E-state index contributed by atoms with van der Waals surface area (Å²) in [6, 6.07) is 4.87. The van der Waals surface area contributed by atoms with Gasteiger partial charge in [0.05, 0.1) is 0 Å².